The highest BCUT2D eigenvalue weighted by molar-refractivity contribution is 5.80. The molecule has 1 aromatic rings. The molecule has 0 saturated heterocycles. The number of carbonyl (C=O) groups is 1. The van der Waals surface area contributed by atoms with E-state index in [1.807, 2.05) is 13.8 Å². The largest absolute Gasteiger partial charge is 0.465 e. The Hall–Kier alpha value is -1.39. The molecule has 1 unspecified atom stereocenters. The molecule has 1 aliphatic heterocycles. The van der Waals surface area contributed by atoms with Crippen LogP contribution in [0.1, 0.15) is 38.3 Å². The molecule has 2 rings (SSSR count). The molecular formula is C17H26N2O2. The lowest BCUT2D eigenvalue weighted by Crippen LogP contribution is -2.57. The van der Waals surface area contributed by atoms with E-state index in [0.29, 0.717) is 13.2 Å². The highest BCUT2D eigenvalue weighted by Crippen LogP contribution is 2.24. The summed E-state index contributed by atoms with van der Waals surface area (Å²) in [7, 11) is 0. The van der Waals surface area contributed by atoms with E-state index in [1.54, 1.807) is 0 Å². The van der Waals surface area contributed by atoms with E-state index in [9.17, 15) is 4.79 Å². The van der Waals surface area contributed by atoms with Crippen LogP contribution in [0, 0.1) is 0 Å². The van der Waals surface area contributed by atoms with E-state index in [4.69, 9.17) is 4.74 Å². The summed E-state index contributed by atoms with van der Waals surface area (Å²) in [6.45, 7) is 9.61. The van der Waals surface area contributed by atoms with Crippen molar-refractivity contribution in [3.05, 3.63) is 35.4 Å². The lowest BCUT2D eigenvalue weighted by molar-refractivity contribution is -0.151. The molecule has 0 bridgehead atoms. The topological polar surface area (TPSA) is 41.6 Å². The number of nitrogens with zero attached hydrogens (tertiary/aromatic N) is 1. The van der Waals surface area contributed by atoms with Crippen molar-refractivity contribution in [2.24, 2.45) is 0 Å². The third-order valence-electron chi connectivity index (χ3n) is 3.94. The quantitative estimate of drug-likeness (QED) is 0.783. The van der Waals surface area contributed by atoms with Crippen molar-refractivity contribution in [3.63, 3.8) is 0 Å². The number of hydrogen-bond acceptors (Lipinski definition) is 4. The number of esters is 1. The second-order valence-corrected chi connectivity index (χ2v) is 5.89. The maximum Gasteiger partial charge on any atom is 0.327 e. The highest BCUT2D eigenvalue weighted by atomic mass is 16.5. The van der Waals surface area contributed by atoms with Gasteiger partial charge in [0, 0.05) is 19.6 Å². The zero-order valence-electron chi connectivity index (χ0n) is 13.3. The van der Waals surface area contributed by atoms with Gasteiger partial charge in [0.25, 0.3) is 0 Å². The lowest BCUT2D eigenvalue weighted by Gasteiger charge is -2.32. The first-order valence-electron chi connectivity index (χ1n) is 7.80. The maximum absolute atomic E-state index is 12.3. The van der Waals surface area contributed by atoms with E-state index in [2.05, 4.69) is 41.4 Å². The molecule has 116 valence electrons. The van der Waals surface area contributed by atoms with E-state index >= 15 is 0 Å². The third kappa shape index (κ3) is 3.83. The number of carbonyl (C=O) groups excluding carboxylic acids is 1. The first kappa shape index (κ1) is 16.0. The molecule has 4 nitrogen and oxygen atoms in total. The average molecular weight is 290 g/mol. The zero-order chi connectivity index (χ0) is 15.3. The number of fused-ring (bicyclic) bond motifs is 1. The molecule has 0 amide bonds. The Balaban J connectivity index is 2.04. The van der Waals surface area contributed by atoms with Crippen LogP contribution in [0.25, 0.3) is 0 Å². The van der Waals surface area contributed by atoms with Gasteiger partial charge in [0.05, 0.1) is 6.61 Å². The van der Waals surface area contributed by atoms with E-state index in [0.717, 1.165) is 26.1 Å². The number of rotatable bonds is 7. The Kier molecular flexibility index (Phi) is 5.37. The van der Waals surface area contributed by atoms with Crippen LogP contribution in [0.5, 0.6) is 0 Å². The van der Waals surface area contributed by atoms with Gasteiger partial charge in [0.1, 0.15) is 5.54 Å². The van der Waals surface area contributed by atoms with Crippen LogP contribution in [0.15, 0.2) is 24.3 Å². The molecule has 1 heterocycles. The first-order chi connectivity index (χ1) is 10.1. The van der Waals surface area contributed by atoms with Crippen molar-refractivity contribution in [3.8, 4) is 0 Å². The minimum Gasteiger partial charge on any atom is -0.465 e. The van der Waals surface area contributed by atoms with Crippen LogP contribution >= 0.6 is 0 Å². The van der Waals surface area contributed by atoms with Crippen LogP contribution in [-0.4, -0.2) is 36.1 Å². The number of hydrogen-bond donors (Lipinski definition) is 1. The van der Waals surface area contributed by atoms with Gasteiger partial charge in [-0.1, -0.05) is 31.2 Å². The van der Waals surface area contributed by atoms with Crippen molar-refractivity contribution in [1.29, 1.82) is 0 Å². The molecule has 21 heavy (non-hydrogen) atoms. The Morgan fingerprint density at radius 3 is 2.43 bits per heavy atom. The van der Waals surface area contributed by atoms with Gasteiger partial charge in [-0.15, -0.1) is 0 Å². The SMILES string of the molecule is CCCNC(C)(CN1Cc2ccccc2C1)C(=O)OCC. The van der Waals surface area contributed by atoms with Crippen molar-refractivity contribution in [2.45, 2.75) is 45.8 Å². The fourth-order valence-corrected chi connectivity index (χ4v) is 2.85. The second-order valence-electron chi connectivity index (χ2n) is 5.89. The van der Waals surface area contributed by atoms with Crippen LogP contribution in [-0.2, 0) is 22.6 Å². The number of benzene rings is 1. The monoisotopic (exact) mass is 290 g/mol. The van der Waals surface area contributed by atoms with Crippen LogP contribution in [0.2, 0.25) is 0 Å². The Bertz CT molecular complexity index is 464. The van der Waals surface area contributed by atoms with Gasteiger partial charge in [-0.3, -0.25) is 9.69 Å². The zero-order valence-corrected chi connectivity index (χ0v) is 13.3. The minimum absolute atomic E-state index is 0.158. The average Bonchev–Trinajstić information content (AvgIpc) is 2.87. The van der Waals surface area contributed by atoms with Gasteiger partial charge in [0.15, 0.2) is 0 Å². The van der Waals surface area contributed by atoms with Crippen molar-refractivity contribution in [1.82, 2.24) is 10.2 Å². The highest BCUT2D eigenvalue weighted by Gasteiger charge is 2.37. The number of ether oxygens (including phenoxy) is 1. The molecule has 0 aromatic heterocycles. The van der Waals surface area contributed by atoms with Crippen LogP contribution < -0.4 is 5.32 Å². The summed E-state index contributed by atoms with van der Waals surface area (Å²) < 4.78 is 5.26. The van der Waals surface area contributed by atoms with E-state index in [1.165, 1.54) is 11.1 Å². The standard InChI is InChI=1S/C17H26N2O2/c1-4-10-18-17(3,16(20)21-5-2)13-19-11-14-8-6-7-9-15(14)12-19/h6-9,18H,4-5,10-13H2,1-3H3. The summed E-state index contributed by atoms with van der Waals surface area (Å²) in [5.41, 5.74) is 2.08. The van der Waals surface area contributed by atoms with Crippen molar-refractivity contribution < 1.29 is 9.53 Å². The number of nitrogens with one attached hydrogen (secondary N) is 1. The molecule has 1 atom stereocenters. The normalized spacial score (nSPS) is 17.3. The molecule has 1 N–H and O–H groups in total. The molecule has 4 heteroatoms. The van der Waals surface area contributed by atoms with Gasteiger partial charge in [0.2, 0.25) is 0 Å². The van der Waals surface area contributed by atoms with E-state index in [-0.39, 0.29) is 5.97 Å². The van der Waals surface area contributed by atoms with Gasteiger partial charge >= 0.3 is 5.97 Å². The summed E-state index contributed by atoms with van der Waals surface area (Å²) in [5.74, 6) is -0.158. The summed E-state index contributed by atoms with van der Waals surface area (Å²) in [6.07, 6.45) is 0.995. The molecule has 1 aromatic carbocycles. The van der Waals surface area contributed by atoms with Crippen LogP contribution in [0.4, 0.5) is 0 Å². The summed E-state index contributed by atoms with van der Waals surface area (Å²) >= 11 is 0. The lowest BCUT2D eigenvalue weighted by atomic mass is 10.0. The summed E-state index contributed by atoms with van der Waals surface area (Å²) in [4.78, 5) is 14.6. The molecule has 1 aliphatic rings. The fourth-order valence-electron chi connectivity index (χ4n) is 2.85. The molecule has 0 saturated carbocycles. The third-order valence-corrected chi connectivity index (χ3v) is 3.94. The predicted molar refractivity (Wildman–Crippen MR) is 83.9 cm³/mol. The Labute approximate surface area is 127 Å². The Morgan fingerprint density at radius 2 is 1.90 bits per heavy atom. The molecule has 0 radical (unpaired) electrons. The first-order valence-corrected chi connectivity index (χ1v) is 7.80. The van der Waals surface area contributed by atoms with Crippen molar-refractivity contribution in [2.75, 3.05) is 19.7 Å². The van der Waals surface area contributed by atoms with Crippen molar-refractivity contribution >= 4 is 5.97 Å². The van der Waals surface area contributed by atoms with Crippen LogP contribution in [0.3, 0.4) is 0 Å². The summed E-state index contributed by atoms with van der Waals surface area (Å²) in [5, 5.41) is 3.37. The summed E-state index contributed by atoms with van der Waals surface area (Å²) in [6, 6.07) is 8.47. The maximum atomic E-state index is 12.3. The van der Waals surface area contributed by atoms with Gasteiger partial charge in [-0.05, 0) is 37.9 Å². The molecule has 0 aliphatic carbocycles. The van der Waals surface area contributed by atoms with Gasteiger partial charge in [-0.25, -0.2) is 0 Å². The Morgan fingerprint density at radius 1 is 1.29 bits per heavy atom. The second kappa shape index (κ2) is 7.05. The minimum atomic E-state index is -0.645. The van der Waals surface area contributed by atoms with Gasteiger partial charge < -0.3 is 10.1 Å². The molecule has 0 spiro atoms. The van der Waals surface area contributed by atoms with E-state index < -0.39 is 5.54 Å². The molecule has 0 fully saturated rings. The fraction of sp³-hybridized carbons (Fsp3) is 0.588. The van der Waals surface area contributed by atoms with Gasteiger partial charge in [-0.2, -0.15) is 0 Å². The molecular weight excluding hydrogens is 264 g/mol. The smallest absolute Gasteiger partial charge is 0.327 e. The predicted octanol–water partition coefficient (Wildman–Crippen LogP) is 2.32.